The molecule has 2 aromatic carbocycles. The highest BCUT2D eigenvalue weighted by Crippen LogP contribution is 2.31. The van der Waals surface area contributed by atoms with Gasteiger partial charge in [-0.1, -0.05) is 65.0 Å². The number of furan rings is 1. The summed E-state index contributed by atoms with van der Waals surface area (Å²) in [6.07, 6.45) is 1.71. The number of halogens is 1. The molecule has 0 amide bonds. The molecule has 0 fully saturated rings. The molecule has 3 heterocycles. The molecule has 0 spiro atoms. The van der Waals surface area contributed by atoms with E-state index in [2.05, 4.69) is 4.99 Å². The summed E-state index contributed by atoms with van der Waals surface area (Å²) < 4.78 is 13.3. The molecule has 0 unspecified atom stereocenters. The molecule has 1 aliphatic rings. The number of allylic oxidation sites excluding steroid dienone is 1. The Morgan fingerprint density at radius 2 is 1.92 bits per heavy atom. The minimum absolute atomic E-state index is 0.233. The van der Waals surface area contributed by atoms with Crippen molar-refractivity contribution in [1.29, 1.82) is 0 Å². The minimum atomic E-state index is -0.628. The number of benzene rings is 2. The second-order valence-electron chi connectivity index (χ2n) is 7.93. The molecule has 0 radical (unpaired) electrons. The molecular weight excluding hydrogens is 516 g/mol. The Hall–Kier alpha value is -3.33. The number of carbonyl (C=O) groups excluding carboxylic acids is 1. The van der Waals surface area contributed by atoms with Gasteiger partial charge in [-0.2, -0.15) is 0 Å². The topological polar surface area (TPSA) is 73.8 Å². The summed E-state index contributed by atoms with van der Waals surface area (Å²) in [5.41, 5.74) is 1.46. The SMILES string of the molecule is CCOC(=O)C1=C(C)N=c2s/c(=C\c3ccc(Sc4ccc(Cl)cc4)o3)c(=O)n2[C@@H]1c1ccccc1. The second-order valence-corrected chi connectivity index (χ2v) is 10.4. The van der Waals surface area contributed by atoms with Crippen LogP contribution in [0.15, 0.2) is 102 Å². The van der Waals surface area contributed by atoms with Crippen LogP contribution >= 0.6 is 34.7 Å². The van der Waals surface area contributed by atoms with Crippen LogP contribution in [-0.4, -0.2) is 17.1 Å². The number of hydrogen-bond donors (Lipinski definition) is 0. The van der Waals surface area contributed by atoms with Gasteiger partial charge in [0.25, 0.3) is 5.56 Å². The first-order chi connectivity index (χ1) is 17.4. The van der Waals surface area contributed by atoms with E-state index in [-0.39, 0.29) is 12.2 Å². The quantitative estimate of drug-likeness (QED) is 0.317. The highest BCUT2D eigenvalue weighted by Gasteiger charge is 2.33. The number of nitrogens with zero attached hydrogens (tertiary/aromatic N) is 2. The van der Waals surface area contributed by atoms with Crippen molar-refractivity contribution in [3.05, 3.63) is 114 Å². The summed E-state index contributed by atoms with van der Waals surface area (Å²) in [6, 6.07) is 20.0. The Bertz CT molecular complexity index is 1630. The molecule has 2 aromatic heterocycles. The maximum absolute atomic E-state index is 13.6. The summed E-state index contributed by atoms with van der Waals surface area (Å²) >= 11 is 8.69. The highest BCUT2D eigenvalue weighted by atomic mass is 35.5. The van der Waals surface area contributed by atoms with Crippen molar-refractivity contribution in [2.45, 2.75) is 29.9 Å². The Morgan fingerprint density at radius 3 is 2.64 bits per heavy atom. The molecule has 9 heteroatoms. The number of ether oxygens (including phenoxy) is 1. The van der Waals surface area contributed by atoms with Crippen molar-refractivity contribution < 1.29 is 13.9 Å². The fourth-order valence-electron chi connectivity index (χ4n) is 3.96. The van der Waals surface area contributed by atoms with Crippen LogP contribution in [0.2, 0.25) is 5.02 Å². The van der Waals surface area contributed by atoms with E-state index >= 15 is 0 Å². The molecule has 6 nitrogen and oxygen atoms in total. The zero-order valence-corrected chi connectivity index (χ0v) is 21.8. The van der Waals surface area contributed by atoms with Gasteiger partial charge in [0.05, 0.1) is 28.5 Å². The Balaban J connectivity index is 1.56. The van der Waals surface area contributed by atoms with Gasteiger partial charge in [-0.25, -0.2) is 9.79 Å². The summed E-state index contributed by atoms with van der Waals surface area (Å²) in [6.45, 7) is 3.76. The number of fused-ring (bicyclic) bond motifs is 1. The van der Waals surface area contributed by atoms with Gasteiger partial charge in [-0.3, -0.25) is 9.36 Å². The van der Waals surface area contributed by atoms with E-state index in [1.807, 2.05) is 66.7 Å². The maximum atomic E-state index is 13.6. The number of rotatable bonds is 6. The van der Waals surface area contributed by atoms with Crippen LogP contribution in [-0.2, 0) is 9.53 Å². The van der Waals surface area contributed by atoms with Gasteiger partial charge < -0.3 is 9.15 Å². The van der Waals surface area contributed by atoms with E-state index in [1.54, 1.807) is 24.5 Å². The van der Waals surface area contributed by atoms with E-state index in [4.69, 9.17) is 20.8 Å². The van der Waals surface area contributed by atoms with Gasteiger partial charge >= 0.3 is 5.97 Å². The van der Waals surface area contributed by atoms with Crippen molar-refractivity contribution in [2.75, 3.05) is 6.61 Å². The standard InChI is InChI=1S/C27H21ClN2O4S2/c1-3-33-26(32)23-16(2)29-27-30(24(23)17-7-5-4-6-8-17)25(31)21(36-27)15-19-11-14-22(34-19)35-20-12-9-18(28)10-13-20/h4-15,24H,3H2,1-2H3/b21-15-/t24-/m1/s1. The fourth-order valence-corrected chi connectivity index (χ4v) is 5.89. The van der Waals surface area contributed by atoms with Crippen molar-refractivity contribution in [3.8, 4) is 0 Å². The fraction of sp³-hybridized carbons (Fsp3) is 0.148. The van der Waals surface area contributed by atoms with E-state index in [9.17, 15) is 9.59 Å². The van der Waals surface area contributed by atoms with Crippen molar-refractivity contribution >= 4 is 46.7 Å². The van der Waals surface area contributed by atoms with Gasteiger partial charge in [-0.15, -0.1) is 0 Å². The molecule has 0 saturated heterocycles. The lowest BCUT2D eigenvalue weighted by Gasteiger charge is -2.24. The molecule has 0 aliphatic carbocycles. The first-order valence-corrected chi connectivity index (χ1v) is 13.2. The van der Waals surface area contributed by atoms with Crippen LogP contribution in [0, 0.1) is 0 Å². The van der Waals surface area contributed by atoms with Gasteiger partial charge in [0.2, 0.25) is 0 Å². The molecular formula is C27H21ClN2O4S2. The maximum Gasteiger partial charge on any atom is 0.338 e. The number of carbonyl (C=O) groups is 1. The summed E-state index contributed by atoms with van der Waals surface area (Å²) in [5, 5.41) is 1.36. The molecule has 0 saturated carbocycles. The number of aromatic nitrogens is 1. The van der Waals surface area contributed by atoms with Crippen LogP contribution < -0.4 is 14.9 Å². The molecule has 0 N–H and O–H groups in total. The second kappa shape index (κ2) is 10.3. The molecule has 182 valence electrons. The molecule has 0 bridgehead atoms. The summed E-state index contributed by atoms with van der Waals surface area (Å²) in [4.78, 5) is 32.6. The van der Waals surface area contributed by atoms with Crippen molar-refractivity contribution in [1.82, 2.24) is 4.57 Å². The molecule has 36 heavy (non-hydrogen) atoms. The Kier molecular flexibility index (Phi) is 7.00. The Labute approximate surface area is 220 Å². The van der Waals surface area contributed by atoms with Crippen LogP contribution in [0.1, 0.15) is 31.2 Å². The van der Waals surface area contributed by atoms with Gasteiger partial charge in [0.1, 0.15) is 5.76 Å². The van der Waals surface area contributed by atoms with E-state index in [0.29, 0.717) is 36.5 Å². The lowest BCUT2D eigenvalue weighted by atomic mass is 9.96. The third-order valence-electron chi connectivity index (χ3n) is 5.54. The largest absolute Gasteiger partial charge is 0.463 e. The van der Waals surface area contributed by atoms with Crippen LogP contribution in [0.5, 0.6) is 0 Å². The zero-order valence-electron chi connectivity index (χ0n) is 19.4. The smallest absolute Gasteiger partial charge is 0.338 e. The third-order valence-corrected chi connectivity index (χ3v) is 7.70. The predicted molar refractivity (Wildman–Crippen MR) is 141 cm³/mol. The molecule has 1 aliphatic heterocycles. The number of thiazole rings is 1. The molecule has 4 aromatic rings. The zero-order chi connectivity index (χ0) is 25.2. The normalized spacial score (nSPS) is 15.5. The van der Waals surface area contributed by atoms with Crippen LogP contribution in [0.25, 0.3) is 6.08 Å². The lowest BCUT2D eigenvalue weighted by Crippen LogP contribution is -2.39. The van der Waals surface area contributed by atoms with E-state index < -0.39 is 12.0 Å². The number of esters is 1. The van der Waals surface area contributed by atoms with Crippen molar-refractivity contribution in [2.24, 2.45) is 4.99 Å². The summed E-state index contributed by atoms with van der Waals surface area (Å²) in [7, 11) is 0. The minimum Gasteiger partial charge on any atom is -0.463 e. The van der Waals surface area contributed by atoms with Crippen molar-refractivity contribution in [3.63, 3.8) is 0 Å². The van der Waals surface area contributed by atoms with Crippen LogP contribution in [0.4, 0.5) is 0 Å². The highest BCUT2D eigenvalue weighted by molar-refractivity contribution is 7.99. The van der Waals surface area contributed by atoms with E-state index in [0.717, 1.165) is 10.5 Å². The third kappa shape index (κ3) is 4.84. The summed E-state index contributed by atoms with van der Waals surface area (Å²) in [5.74, 6) is 0.0751. The Morgan fingerprint density at radius 1 is 1.17 bits per heavy atom. The van der Waals surface area contributed by atoms with Gasteiger partial charge in [-0.05, 0) is 55.8 Å². The van der Waals surface area contributed by atoms with Crippen LogP contribution in [0.3, 0.4) is 0 Å². The average Bonchev–Trinajstić information content (AvgIpc) is 3.44. The molecule has 1 atom stereocenters. The molecule has 5 rings (SSSR count). The predicted octanol–water partition coefficient (Wildman–Crippen LogP) is 5.20. The van der Waals surface area contributed by atoms with Gasteiger partial charge in [0.15, 0.2) is 9.89 Å². The first-order valence-electron chi connectivity index (χ1n) is 11.2. The average molecular weight is 537 g/mol. The lowest BCUT2D eigenvalue weighted by molar-refractivity contribution is -0.139. The first kappa shape index (κ1) is 24.4. The monoisotopic (exact) mass is 536 g/mol. The number of hydrogen-bond acceptors (Lipinski definition) is 7. The van der Waals surface area contributed by atoms with Gasteiger partial charge in [0, 0.05) is 16.0 Å². The van der Waals surface area contributed by atoms with E-state index in [1.165, 1.54) is 23.1 Å².